The third kappa shape index (κ3) is 4.10. The zero-order valence-electron chi connectivity index (χ0n) is 19.5. The number of halogens is 1. The van der Waals surface area contributed by atoms with Crippen LogP contribution in [0.1, 0.15) is 30.1 Å². The molecule has 2 unspecified atom stereocenters. The number of benzene rings is 4. The number of carbonyl (C=O) groups excluding carboxylic acids is 1. The van der Waals surface area contributed by atoms with E-state index >= 15 is 0 Å². The normalized spacial score (nSPS) is 18.1. The van der Waals surface area contributed by atoms with Crippen molar-refractivity contribution in [2.75, 3.05) is 11.4 Å². The molecule has 1 fully saturated rings. The molecule has 5 nitrogen and oxygen atoms in total. The Balaban J connectivity index is 1.50. The van der Waals surface area contributed by atoms with Gasteiger partial charge in [0.05, 0.1) is 11.5 Å². The fraction of sp³-hybridized carbons (Fsp3) is 0.167. The maximum atomic E-state index is 13.7. The van der Waals surface area contributed by atoms with E-state index < -0.39 is 17.3 Å². The van der Waals surface area contributed by atoms with Gasteiger partial charge >= 0.3 is 0 Å². The van der Waals surface area contributed by atoms with Crippen LogP contribution in [0.15, 0.2) is 97.1 Å². The molecule has 36 heavy (non-hydrogen) atoms. The molecule has 0 aliphatic carbocycles. The third-order valence-electron chi connectivity index (χ3n) is 7.00. The molecule has 5 rings (SSSR count). The number of β-lactam (4-membered cyclic amide) rings is 1. The number of anilines is 1. The van der Waals surface area contributed by atoms with E-state index in [0.29, 0.717) is 16.7 Å². The van der Waals surface area contributed by atoms with E-state index in [9.17, 15) is 24.5 Å². The van der Waals surface area contributed by atoms with E-state index in [4.69, 9.17) is 0 Å². The van der Waals surface area contributed by atoms with E-state index in [1.165, 1.54) is 24.3 Å². The molecule has 0 radical (unpaired) electrons. The second-order valence-electron chi connectivity index (χ2n) is 9.14. The number of aliphatic hydroxyl groups is 1. The lowest BCUT2D eigenvalue weighted by atomic mass is 9.68. The van der Waals surface area contributed by atoms with Gasteiger partial charge in [-0.15, -0.1) is 0 Å². The maximum Gasteiger partial charge on any atom is 0.239 e. The molecule has 1 aliphatic heterocycles. The van der Waals surface area contributed by atoms with E-state index in [2.05, 4.69) is 0 Å². The minimum absolute atomic E-state index is 0.209. The fourth-order valence-electron chi connectivity index (χ4n) is 4.97. The number of carbonyl (C=O) groups is 1. The van der Waals surface area contributed by atoms with Gasteiger partial charge in [0.25, 0.3) is 0 Å². The summed E-state index contributed by atoms with van der Waals surface area (Å²) in [5, 5.41) is 32.8. The number of hydrogen-bond acceptors (Lipinski definition) is 4. The van der Waals surface area contributed by atoms with Crippen molar-refractivity contribution in [3.05, 3.63) is 114 Å². The Bertz CT molecular complexity index is 1380. The van der Waals surface area contributed by atoms with Gasteiger partial charge in [0, 0.05) is 23.4 Å². The van der Waals surface area contributed by atoms with Crippen molar-refractivity contribution >= 4 is 11.6 Å². The predicted molar refractivity (Wildman–Crippen MR) is 136 cm³/mol. The van der Waals surface area contributed by atoms with Crippen LogP contribution >= 0.6 is 0 Å². The summed E-state index contributed by atoms with van der Waals surface area (Å²) >= 11 is 0. The van der Waals surface area contributed by atoms with Crippen LogP contribution in [0.2, 0.25) is 0 Å². The summed E-state index contributed by atoms with van der Waals surface area (Å²) in [4.78, 5) is 15.3. The van der Waals surface area contributed by atoms with Gasteiger partial charge in [0.15, 0.2) is 11.5 Å². The summed E-state index contributed by atoms with van der Waals surface area (Å²) in [6, 6.07) is 27.4. The Hall–Kier alpha value is -4.16. The lowest BCUT2D eigenvalue weighted by Crippen LogP contribution is -2.64. The highest BCUT2D eigenvalue weighted by atomic mass is 19.1. The van der Waals surface area contributed by atoms with Crippen LogP contribution in [0.25, 0.3) is 11.1 Å². The molecule has 4 aromatic rings. The number of amides is 1. The number of aromatic hydroxyl groups is 2. The molecule has 6 heteroatoms. The van der Waals surface area contributed by atoms with Gasteiger partial charge in [-0.2, -0.15) is 0 Å². The number of hydrogen-bond donors (Lipinski definition) is 3. The van der Waals surface area contributed by atoms with Gasteiger partial charge in [-0.1, -0.05) is 72.8 Å². The molecule has 3 N–H and O–H groups in total. The Labute approximate surface area is 208 Å². The second kappa shape index (κ2) is 9.47. The average molecular weight is 484 g/mol. The number of aliphatic hydroxyl groups excluding tert-OH is 1. The third-order valence-corrected chi connectivity index (χ3v) is 7.00. The van der Waals surface area contributed by atoms with Crippen LogP contribution in [0.5, 0.6) is 11.5 Å². The molecular weight excluding hydrogens is 457 g/mol. The van der Waals surface area contributed by atoms with Crippen LogP contribution in [-0.4, -0.2) is 27.8 Å². The molecule has 0 aromatic heterocycles. The van der Waals surface area contributed by atoms with Gasteiger partial charge in [-0.25, -0.2) is 4.39 Å². The molecule has 182 valence electrons. The summed E-state index contributed by atoms with van der Waals surface area (Å²) in [6.07, 6.45) is -0.480. The zero-order valence-corrected chi connectivity index (χ0v) is 19.5. The summed E-state index contributed by atoms with van der Waals surface area (Å²) < 4.78 is 13.3. The number of phenolic OH excluding ortho intramolecular Hbond substituents is 2. The molecule has 1 amide bonds. The summed E-state index contributed by atoms with van der Waals surface area (Å²) in [5.41, 5.74) is 1.68. The van der Waals surface area contributed by atoms with Crippen molar-refractivity contribution < 1.29 is 24.5 Å². The molecular formula is C30H26FNO4. The summed E-state index contributed by atoms with van der Waals surface area (Å²) in [6.45, 7) is 0.281. The standard InChI is InChI=1S/C30H26FNO4/c31-22-13-11-21(12-14-22)26(33)17-18-30(19-32(29(30)36)23-9-5-2-6-10-23)25-16-15-24(27(34)28(25)35)20-7-3-1-4-8-20/h1-16,26,33-35H,17-19H2. The Morgan fingerprint density at radius 3 is 2.11 bits per heavy atom. The van der Waals surface area contributed by atoms with E-state index in [-0.39, 0.29) is 36.8 Å². The van der Waals surface area contributed by atoms with Crippen molar-refractivity contribution in [2.24, 2.45) is 0 Å². The van der Waals surface area contributed by atoms with Crippen LogP contribution in [0, 0.1) is 5.82 Å². The Morgan fingerprint density at radius 2 is 1.47 bits per heavy atom. The average Bonchev–Trinajstić information content (AvgIpc) is 2.91. The lowest BCUT2D eigenvalue weighted by molar-refractivity contribution is -0.130. The molecule has 2 atom stereocenters. The monoisotopic (exact) mass is 483 g/mol. The minimum Gasteiger partial charge on any atom is -0.504 e. The van der Waals surface area contributed by atoms with Crippen molar-refractivity contribution in [3.8, 4) is 22.6 Å². The van der Waals surface area contributed by atoms with Crippen LogP contribution in [0.4, 0.5) is 10.1 Å². The van der Waals surface area contributed by atoms with E-state index in [1.807, 2.05) is 60.7 Å². The molecule has 0 bridgehead atoms. The highest BCUT2D eigenvalue weighted by Crippen LogP contribution is 2.50. The van der Waals surface area contributed by atoms with Crippen LogP contribution < -0.4 is 4.90 Å². The number of para-hydroxylation sites is 1. The summed E-state index contributed by atoms with van der Waals surface area (Å²) in [7, 11) is 0. The van der Waals surface area contributed by atoms with Gasteiger partial charge in [-0.05, 0) is 48.2 Å². The fourth-order valence-corrected chi connectivity index (χ4v) is 4.97. The zero-order chi connectivity index (χ0) is 25.3. The first kappa shape index (κ1) is 23.6. The topological polar surface area (TPSA) is 81.0 Å². The first-order chi connectivity index (χ1) is 17.4. The molecule has 0 spiro atoms. The van der Waals surface area contributed by atoms with Crippen molar-refractivity contribution in [1.82, 2.24) is 0 Å². The first-order valence-corrected chi connectivity index (χ1v) is 11.8. The van der Waals surface area contributed by atoms with Gasteiger partial charge in [-0.3, -0.25) is 4.79 Å². The number of rotatable bonds is 7. The lowest BCUT2D eigenvalue weighted by Gasteiger charge is -2.49. The van der Waals surface area contributed by atoms with Gasteiger partial charge in [0.1, 0.15) is 5.82 Å². The maximum absolute atomic E-state index is 13.7. The van der Waals surface area contributed by atoms with Crippen LogP contribution in [0.3, 0.4) is 0 Å². The van der Waals surface area contributed by atoms with Crippen molar-refractivity contribution in [2.45, 2.75) is 24.4 Å². The minimum atomic E-state index is -1.13. The Morgan fingerprint density at radius 1 is 0.833 bits per heavy atom. The second-order valence-corrected chi connectivity index (χ2v) is 9.14. The number of phenols is 2. The summed E-state index contributed by atoms with van der Waals surface area (Å²) in [5.74, 6) is -1.24. The molecule has 1 aliphatic rings. The smallest absolute Gasteiger partial charge is 0.239 e. The quantitative estimate of drug-likeness (QED) is 0.233. The molecule has 0 saturated carbocycles. The highest BCUT2D eigenvalue weighted by molar-refractivity contribution is 6.09. The molecule has 1 saturated heterocycles. The number of nitrogens with zero attached hydrogens (tertiary/aromatic N) is 1. The van der Waals surface area contributed by atoms with Crippen molar-refractivity contribution in [3.63, 3.8) is 0 Å². The van der Waals surface area contributed by atoms with Crippen molar-refractivity contribution in [1.29, 1.82) is 0 Å². The SMILES string of the molecule is O=C1N(c2ccccc2)CC1(CCC(O)c1ccc(F)cc1)c1ccc(-c2ccccc2)c(O)c1O. The first-order valence-electron chi connectivity index (χ1n) is 11.8. The molecule has 1 heterocycles. The van der Waals surface area contributed by atoms with E-state index in [1.54, 1.807) is 17.0 Å². The predicted octanol–water partition coefficient (Wildman–Crippen LogP) is 5.70. The highest BCUT2D eigenvalue weighted by Gasteiger charge is 2.55. The van der Waals surface area contributed by atoms with Gasteiger partial charge in [0.2, 0.25) is 5.91 Å². The Kier molecular flexibility index (Phi) is 6.20. The largest absolute Gasteiger partial charge is 0.504 e. The molecule has 4 aromatic carbocycles. The van der Waals surface area contributed by atoms with Gasteiger partial charge < -0.3 is 20.2 Å². The van der Waals surface area contributed by atoms with Crippen LogP contribution in [-0.2, 0) is 10.2 Å². The van der Waals surface area contributed by atoms with E-state index in [0.717, 1.165) is 11.3 Å².